The molecule has 2 amide bonds. The van der Waals surface area contributed by atoms with Crippen molar-refractivity contribution in [1.82, 2.24) is 14.8 Å². The van der Waals surface area contributed by atoms with Gasteiger partial charge >= 0.3 is 6.09 Å². The minimum atomic E-state index is -0.401. The molecular weight excluding hydrogens is 290 g/mol. The van der Waals surface area contributed by atoms with Crippen LogP contribution in [0.4, 0.5) is 4.79 Å². The van der Waals surface area contributed by atoms with Crippen molar-refractivity contribution in [1.29, 1.82) is 0 Å². The van der Waals surface area contributed by atoms with Crippen molar-refractivity contribution < 1.29 is 14.3 Å². The highest BCUT2D eigenvalue weighted by molar-refractivity contribution is 7.11. The molecule has 7 heteroatoms. The third-order valence-corrected chi connectivity index (χ3v) is 5.00. The molecule has 114 valence electrons. The van der Waals surface area contributed by atoms with Gasteiger partial charge in [-0.2, -0.15) is 0 Å². The van der Waals surface area contributed by atoms with Gasteiger partial charge in [-0.1, -0.05) is 0 Å². The molecule has 0 spiro atoms. The van der Waals surface area contributed by atoms with E-state index in [1.54, 1.807) is 23.3 Å². The van der Waals surface area contributed by atoms with Gasteiger partial charge in [-0.3, -0.25) is 9.69 Å². The fraction of sp³-hybridized carbons (Fsp3) is 0.643. The van der Waals surface area contributed by atoms with Gasteiger partial charge in [0.05, 0.1) is 18.8 Å². The van der Waals surface area contributed by atoms with Crippen LogP contribution in [0.25, 0.3) is 0 Å². The lowest BCUT2D eigenvalue weighted by Gasteiger charge is -2.19. The van der Waals surface area contributed by atoms with Crippen LogP contribution in [0.5, 0.6) is 0 Å². The second-order valence-electron chi connectivity index (χ2n) is 5.47. The van der Waals surface area contributed by atoms with Crippen LogP contribution in [-0.2, 0) is 28.9 Å². The standard InChI is InChI=1S/C14H19N3O3S/c1-16(13(18)9-17-6-7-20-14(17)19)8-12-15-10-4-2-3-5-11(10)21-12/h2-9H2,1H3. The first kappa shape index (κ1) is 14.3. The molecule has 1 saturated heterocycles. The summed E-state index contributed by atoms with van der Waals surface area (Å²) in [5.41, 5.74) is 1.21. The third kappa shape index (κ3) is 3.18. The zero-order chi connectivity index (χ0) is 14.8. The number of ether oxygens (including phenoxy) is 1. The lowest BCUT2D eigenvalue weighted by atomic mass is 10.0. The molecule has 1 aliphatic carbocycles. The van der Waals surface area contributed by atoms with Gasteiger partial charge in [-0.05, 0) is 25.7 Å². The molecule has 3 rings (SSSR count). The quantitative estimate of drug-likeness (QED) is 0.844. The molecule has 2 heterocycles. The first-order chi connectivity index (χ1) is 10.1. The monoisotopic (exact) mass is 309 g/mol. The van der Waals surface area contributed by atoms with Crippen molar-refractivity contribution in [2.75, 3.05) is 26.7 Å². The summed E-state index contributed by atoms with van der Waals surface area (Å²) in [6.45, 7) is 1.46. The van der Waals surface area contributed by atoms with Crippen LogP contribution in [0.1, 0.15) is 28.4 Å². The molecule has 0 bridgehead atoms. The predicted octanol–water partition coefficient (Wildman–Crippen LogP) is 1.43. The second-order valence-corrected chi connectivity index (χ2v) is 6.64. The van der Waals surface area contributed by atoms with Crippen molar-refractivity contribution in [3.8, 4) is 0 Å². The summed E-state index contributed by atoms with van der Waals surface area (Å²) in [6.07, 6.45) is 4.22. The number of aryl methyl sites for hydroxylation is 2. The SMILES string of the molecule is CN(Cc1nc2c(s1)CCCC2)C(=O)CN1CCOC1=O. The van der Waals surface area contributed by atoms with Gasteiger partial charge in [-0.25, -0.2) is 9.78 Å². The van der Waals surface area contributed by atoms with Crippen LogP contribution in [0.2, 0.25) is 0 Å². The van der Waals surface area contributed by atoms with Crippen molar-refractivity contribution >= 4 is 23.3 Å². The Balaban J connectivity index is 1.57. The Morgan fingerprint density at radius 1 is 1.43 bits per heavy atom. The Labute approximate surface area is 127 Å². The molecule has 2 aliphatic rings. The second kappa shape index (κ2) is 6.01. The molecule has 1 fully saturated rings. The van der Waals surface area contributed by atoms with Gasteiger partial charge in [0, 0.05) is 11.9 Å². The van der Waals surface area contributed by atoms with Crippen molar-refractivity contribution in [3.05, 3.63) is 15.6 Å². The zero-order valence-electron chi connectivity index (χ0n) is 12.1. The van der Waals surface area contributed by atoms with E-state index in [0.29, 0.717) is 19.7 Å². The first-order valence-corrected chi connectivity index (χ1v) is 8.08. The largest absolute Gasteiger partial charge is 0.448 e. The average molecular weight is 309 g/mol. The Morgan fingerprint density at radius 2 is 2.24 bits per heavy atom. The topological polar surface area (TPSA) is 62.7 Å². The number of hydrogen-bond acceptors (Lipinski definition) is 5. The molecule has 0 aromatic carbocycles. The maximum atomic E-state index is 12.1. The van der Waals surface area contributed by atoms with Gasteiger partial charge in [0.1, 0.15) is 18.2 Å². The molecule has 21 heavy (non-hydrogen) atoms. The molecule has 1 aromatic rings. The van der Waals surface area contributed by atoms with Crippen LogP contribution >= 0.6 is 11.3 Å². The number of cyclic esters (lactones) is 1. The summed E-state index contributed by atoms with van der Waals surface area (Å²) in [5, 5.41) is 0.988. The van der Waals surface area contributed by atoms with Crippen molar-refractivity contribution in [3.63, 3.8) is 0 Å². The number of amides is 2. The molecule has 1 aromatic heterocycles. The first-order valence-electron chi connectivity index (χ1n) is 7.26. The Kier molecular flexibility index (Phi) is 4.10. The number of thiazole rings is 1. The van der Waals surface area contributed by atoms with Crippen LogP contribution < -0.4 is 0 Å². The van der Waals surface area contributed by atoms with Gasteiger partial charge in [0.2, 0.25) is 5.91 Å². The van der Waals surface area contributed by atoms with E-state index in [4.69, 9.17) is 4.74 Å². The Hall–Kier alpha value is -1.63. The fourth-order valence-corrected chi connectivity index (χ4v) is 3.83. The summed E-state index contributed by atoms with van der Waals surface area (Å²) >= 11 is 1.71. The smallest absolute Gasteiger partial charge is 0.410 e. The third-order valence-electron chi connectivity index (χ3n) is 3.86. The molecule has 0 atom stereocenters. The van der Waals surface area contributed by atoms with E-state index in [1.165, 1.54) is 28.3 Å². The highest BCUT2D eigenvalue weighted by Gasteiger charge is 2.26. The normalized spacial score (nSPS) is 17.6. The Bertz CT molecular complexity index is 534. The summed E-state index contributed by atoms with van der Waals surface area (Å²) in [7, 11) is 1.75. The highest BCUT2D eigenvalue weighted by atomic mass is 32.1. The van der Waals surface area contributed by atoms with E-state index < -0.39 is 6.09 Å². The summed E-state index contributed by atoms with van der Waals surface area (Å²) in [5.74, 6) is -0.0815. The number of rotatable bonds is 4. The number of nitrogens with zero attached hydrogens (tertiary/aromatic N) is 3. The van der Waals surface area contributed by atoms with Gasteiger partial charge in [0.25, 0.3) is 0 Å². The molecular formula is C14H19N3O3S. The van der Waals surface area contributed by atoms with Crippen LogP contribution in [0, 0.1) is 0 Å². The molecule has 0 saturated carbocycles. The van der Waals surface area contributed by atoms with Crippen molar-refractivity contribution in [2.45, 2.75) is 32.2 Å². The van der Waals surface area contributed by atoms with E-state index in [9.17, 15) is 9.59 Å². The Morgan fingerprint density at radius 3 is 2.95 bits per heavy atom. The number of carbonyl (C=O) groups excluding carboxylic acids is 2. The maximum Gasteiger partial charge on any atom is 0.410 e. The number of likely N-dealkylation sites (N-methyl/N-ethyl adjacent to an activating group) is 1. The molecule has 0 radical (unpaired) electrons. The van der Waals surface area contributed by atoms with E-state index in [0.717, 1.165) is 17.8 Å². The van der Waals surface area contributed by atoms with Crippen molar-refractivity contribution in [2.24, 2.45) is 0 Å². The summed E-state index contributed by atoms with van der Waals surface area (Å²) in [6, 6.07) is 0. The van der Waals surface area contributed by atoms with E-state index >= 15 is 0 Å². The van der Waals surface area contributed by atoms with Gasteiger partial charge in [0.15, 0.2) is 0 Å². The van der Waals surface area contributed by atoms with Crippen LogP contribution in [0.3, 0.4) is 0 Å². The molecule has 6 nitrogen and oxygen atoms in total. The number of aromatic nitrogens is 1. The zero-order valence-corrected chi connectivity index (χ0v) is 12.9. The van der Waals surface area contributed by atoms with E-state index in [1.807, 2.05) is 0 Å². The van der Waals surface area contributed by atoms with E-state index in [-0.39, 0.29) is 12.5 Å². The van der Waals surface area contributed by atoms with Gasteiger partial charge < -0.3 is 9.64 Å². The predicted molar refractivity (Wildman–Crippen MR) is 78.2 cm³/mol. The lowest BCUT2D eigenvalue weighted by molar-refractivity contribution is -0.130. The average Bonchev–Trinajstić information content (AvgIpc) is 3.04. The number of hydrogen-bond donors (Lipinski definition) is 0. The maximum absolute atomic E-state index is 12.1. The van der Waals surface area contributed by atoms with Crippen LogP contribution in [0.15, 0.2) is 0 Å². The molecule has 1 aliphatic heterocycles. The number of fused-ring (bicyclic) bond motifs is 1. The molecule has 0 N–H and O–H groups in total. The molecule has 0 unspecified atom stereocenters. The summed E-state index contributed by atoms with van der Waals surface area (Å²) in [4.78, 5) is 32.6. The van der Waals surface area contributed by atoms with Crippen LogP contribution in [-0.4, -0.2) is 53.5 Å². The highest BCUT2D eigenvalue weighted by Crippen LogP contribution is 2.27. The van der Waals surface area contributed by atoms with Gasteiger partial charge in [-0.15, -0.1) is 11.3 Å². The summed E-state index contributed by atoms with van der Waals surface area (Å²) < 4.78 is 4.83. The van der Waals surface area contributed by atoms with E-state index in [2.05, 4.69) is 4.98 Å². The fourth-order valence-electron chi connectivity index (χ4n) is 2.62. The lowest BCUT2D eigenvalue weighted by Crippen LogP contribution is -2.38. The number of carbonyl (C=O) groups is 2. The minimum absolute atomic E-state index is 0.0815. The minimum Gasteiger partial charge on any atom is -0.448 e.